The lowest BCUT2D eigenvalue weighted by Crippen LogP contribution is -2.32. The zero-order chi connectivity index (χ0) is 15.2. The number of fused-ring (bicyclic) bond motifs is 2. The Bertz CT molecular complexity index is 660. The van der Waals surface area contributed by atoms with Crippen molar-refractivity contribution in [2.75, 3.05) is 12.3 Å². The number of rotatable bonds is 4. The summed E-state index contributed by atoms with van der Waals surface area (Å²) in [6, 6.07) is 2.37. The molecule has 2 bridgehead atoms. The summed E-state index contributed by atoms with van der Waals surface area (Å²) in [7, 11) is -3.84. The number of nitrogen functional groups attached to an aromatic ring is 1. The minimum absolute atomic E-state index is 0.289. The van der Waals surface area contributed by atoms with E-state index in [4.69, 9.17) is 5.73 Å². The number of benzene rings is 1. The first kappa shape index (κ1) is 14.8. The summed E-state index contributed by atoms with van der Waals surface area (Å²) < 4.78 is 41.0. The molecule has 2 aliphatic rings. The van der Waals surface area contributed by atoms with Crippen molar-refractivity contribution >= 4 is 15.7 Å². The molecule has 0 aliphatic heterocycles. The van der Waals surface area contributed by atoms with Gasteiger partial charge in [-0.1, -0.05) is 6.42 Å². The van der Waals surface area contributed by atoms with Gasteiger partial charge in [-0.25, -0.2) is 17.5 Å². The molecule has 3 unspecified atom stereocenters. The number of nitrogens with one attached hydrogen (secondary N) is 1. The van der Waals surface area contributed by atoms with Gasteiger partial charge in [-0.15, -0.1) is 0 Å². The SMILES string of the molecule is Cc1cc(F)c(S(=O)(=O)NCC2CC3CCC2C3)cc1N. The van der Waals surface area contributed by atoms with Gasteiger partial charge in [0.15, 0.2) is 0 Å². The van der Waals surface area contributed by atoms with Crippen molar-refractivity contribution < 1.29 is 12.8 Å². The van der Waals surface area contributed by atoms with E-state index in [1.807, 2.05) is 0 Å². The van der Waals surface area contributed by atoms with Crippen molar-refractivity contribution in [2.45, 2.75) is 37.5 Å². The minimum Gasteiger partial charge on any atom is -0.398 e. The normalized spacial score (nSPS) is 28.2. The molecule has 0 spiro atoms. The molecular formula is C15H21FN2O2S. The number of anilines is 1. The Balaban J connectivity index is 1.74. The molecule has 4 nitrogen and oxygen atoms in total. The largest absolute Gasteiger partial charge is 0.398 e. The molecule has 0 radical (unpaired) electrons. The lowest BCUT2D eigenvalue weighted by Gasteiger charge is -2.22. The first-order valence-electron chi connectivity index (χ1n) is 7.42. The molecule has 0 heterocycles. The fourth-order valence-electron chi connectivity index (χ4n) is 3.80. The van der Waals surface area contributed by atoms with E-state index in [9.17, 15) is 12.8 Å². The molecule has 3 rings (SSSR count). The summed E-state index contributed by atoms with van der Waals surface area (Å²) in [6.07, 6.45) is 4.78. The van der Waals surface area contributed by atoms with E-state index >= 15 is 0 Å². The minimum atomic E-state index is -3.84. The van der Waals surface area contributed by atoms with Gasteiger partial charge < -0.3 is 5.73 Å². The Labute approximate surface area is 125 Å². The molecule has 1 aromatic rings. The monoisotopic (exact) mass is 312 g/mol. The highest BCUT2D eigenvalue weighted by Crippen LogP contribution is 2.48. The summed E-state index contributed by atoms with van der Waals surface area (Å²) in [4.78, 5) is -0.353. The topological polar surface area (TPSA) is 72.2 Å². The van der Waals surface area contributed by atoms with Crippen molar-refractivity contribution in [3.05, 3.63) is 23.5 Å². The van der Waals surface area contributed by atoms with Gasteiger partial charge in [-0.3, -0.25) is 0 Å². The van der Waals surface area contributed by atoms with Gasteiger partial charge in [0.1, 0.15) is 10.7 Å². The van der Waals surface area contributed by atoms with E-state index in [1.54, 1.807) is 6.92 Å². The predicted molar refractivity (Wildman–Crippen MR) is 79.7 cm³/mol. The molecule has 116 valence electrons. The number of sulfonamides is 1. The molecule has 1 aromatic carbocycles. The maximum absolute atomic E-state index is 13.9. The first-order valence-corrected chi connectivity index (χ1v) is 8.90. The first-order chi connectivity index (χ1) is 9.87. The molecule has 6 heteroatoms. The summed E-state index contributed by atoms with van der Waals surface area (Å²) >= 11 is 0. The second-order valence-corrected chi connectivity index (χ2v) is 8.16. The van der Waals surface area contributed by atoms with Crippen LogP contribution in [0.5, 0.6) is 0 Å². The molecule has 2 aliphatic carbocycles. The fraction of sp³-hybridized carbons (Fsp3) is 0.600. The highest BCUT2D eigenvalue weighted by atomic mass is 32.2. The van der Waals surface area contributed by atoms with Crippen LogP contribution >= 0.6 is 0 Å². The third-order valence-corrected chi connectivity index (χ3v) is 6.47. The van der Waals surface area contributed by atoms with E-state index in [2.05, 4.69) is 4.72 Å². The zero-order valence-corrected chi connectivity index (χ0v) is 12.9. The third kappa shape index (κ3) is 2.79. The predicted octanol–water partition coefficient (Wildman–Crippen LogP) is 2.43. The molecule has 3 atom stereocenters. The van der Waals surface area contributed by atoms with Crippen LogP contribution in [0.25, 0.3) is 0 Å². The number of hydrogen-bond acceptors (Lipinski definition) is 3. The van der Waals surface area contributed by atoms with E-state index < -0.39 is 15.8 Å². The Morgan fingerprint density at radius 1 is 1.33 bits per heavy atom. The van der Waals surface area contributed by atoms with Gasteiger partial charge in [0.25, 0.3) is 0 Å². The number of aryl methyl sites for hydroxylation is 1. The van der Waals surface area contributed by atoms with Crippen LogP contribution in [-0.2, 0) is 10.0 Å². The molecular weight excluding hydrogens is 291 g/mol. The van der Waals surface area contributed by atoms with E-state index in [0.29, 0.717) is 23.9 Å². The summed E-state index contributed by atoms with van der Waals surface area (Å²) in [6.45, 7) is 2.05. The average Bonchev–Trinajstić information content (AvgIpc) is 3.03. The highest BCUT2D eigenvalue weighted by Gasteiger charge is 2.39. The fourth-order valence-corrected chi connectivity index (χ4v) is 4.98. The Kier molecular flexibility index (Phi) is 3.69. The maximum Gasteiger partial charge on any atom is 0.243 e. The van der Waals surface area contributed by atoms with Crippen LogP contribution in [0.1, 0.15) is 31.2 Å². The summed E-state index contributed by atoms with van der Waals surface area (Å²) in [5, 5.41) is 0. The van der Waals surface area contributed by atoms with E-state index in [1.165, 1.54) is 31.4 Å². The lowest BCUT2D eigenvalue weighted by atomic mass is 9.89. The van der Waals surface area contributed by atoms with Crippen molar-refractivity contribution in [3.63, 3.8) is 0 Å². The number of hydrogen-bond donors (Lipinski definition) is 2. The maximum atomic E-state index is 13.9. The van der Waals surface area contributed by atoms with Crippen molar-refractivity contribution in [2.24, 2.45) is 17.8 Å². The smallest absolute Gasteiger partial charge is 0.243 e. The van der Waals surface area contributed by atoms with Crippen LogP contribution in [-0.4, -0.2) is 15.0 Å². The van der Waals surface area contributed by atoms with Crippen LogP contribution < -0.4 is 10.5 Å². The van der Waals surface area contributed by atoms with Crippen LogP contribution in [0.15, 0.2) is 17.0 Å². The van der Waals surface area contributed by atoms with Crippen molar-refractivity contribution in [3.8, 4) is 0 Å². The Morgan fingerprint density at radius 2 is 2.10 bits per heavy atom. The molecule has 0 saturated heterocycles. The van der Waals surface area contributed by atoms with E-state index in [0.717, 1.165) is 12.3 Å². The van der Waals surface area contributed by atoms with Gasteiger partial charge in [-0.05, 0) is 61.6 Å². The molecule has 2 fully saturated rings. The van der Waals surface area contributed by atoms with Gasteiger partial charge in [-0.2, -0.15) is 0 Å². The Morgan fingerprint density at radius 3 is 2.71 bits per heavy atom. The van der Waals surface area contributed by atoms with Crippen LogP contribution in [0.4, 0.5) is 10.1 Å². The molecule has 2 saturated carbocycles. The molecule has 3 N–H and O–H groups in total. The molecule has 21 heavy (non-hydrogen) atoms. The lowest BCUT2D eigenvalue weighted by molar-refractivity contribution is 0.332. The Hall–Kier alpha value is -1.14. The highest BCUT2D eigenvalue weighted by molar-refractivity contribution is 7.89. The molecule has 0 aromatic heterocycles. The van der Waals surface area contributed by atoms with Gasteiger partial charge >= 0.3 is 0 Å². The van der Waals surface area contributed by atoms with Gasteiger partial charge in [0.05, 0.1) is 0 Å². The number of halogens is 1. The van der Waals surface area contributed by atoms with Crippen molar-refractivity contribution in [1.29, 1.82) is 0 Å². The summed E-state index contributed by atoms with van der Waals surface area (Å²) in [5.41, 5.74) is 6.52. The number of nitrogens with two attached hydrogens (primary N) is 1. The quantitative estimate of drug-likeness (QED) is 0.839. The van der Waals surface area contributed by atoms with Gasteiger partial charge in [0.2, 0.25) is 10.0 Å². The standard InChI is InChI=1S/C15H21FN2O2S/c1-9-4-13(16)15(7-14(9)17)21(19,20)18-8-12-6-10-2-3-11(12)5-10/h4,7,10-12,18H,2-3,5-6,8,17H2,1H3. The van der Waals surface area contributed by atoms with Crippen LogP contribution in [0, 0.1) is 30.5 Å². The second-order valence-electron chi connectivity index (χ2n) is 6.43. The van der Waals surface area contributed by atoms with Gasteiger partial charge in [0, 0.05) is 12.2 Å². The second kappa shape index (κ2) is 5.25. The van der Waals surface area contributed by atoms with Crippen LogP contribution in [0.2, 0.25) is 0 Å². The molecule has 0 amide bonds. The van der Waals surface area contributed by atoms with Crippen molar-refractivity contribution in [1.82, 2.24) is 4.72 Å². The average molecular weight is 312 g/mol. The zero-order valence-electron chi connectivity index (χ0n) is 12.1. The summed E-state index contributed by atoms with van der Waals surface area (Å²) in [5.74, 6) is 1.04. The third-order valence-electron chi connectivity index (χ3n) is 5.03. The van der Waals surface area contributed by atoms with Crippen LogP contribution in [0.3, 0.4) is 0 Å². The van der Waals surface area contributed by atoms with E-state index in [-0.39, 0.29) is 10.6 Å².